The second-order valence-corrected chi connectivity index (χ2v) is 5.28. The predicted octanol–water partition coefficient (Wildman–Crippen LogP) is 2.59. The maximum absolute atomic E-state index is 12.0. The van der Waals surface area contributed by atoms with Gasteiger partial charge in [0, 0.05) is 10.5 Å². The molecule has 18 heavy (non-hydrogen) atoms. The fourth-order valence-electron chi connectivity index (χ4n) is 1.62. The van der Waals surface area contributed by atoms with Crippen LogP contribution < -0.4 is 0 Å². The Bertz CT molecular complexity index is 586. The number of carboxylic acid groups (broad SMARTS) is 1. The molecule has 1 unspecified atom stereocenters. The van der Waals surface area contributed by atoms with Gasteiger partial charge >= 0.3 is 5.97 Å². The lowest BCUT2D eigenvalue weighted by atomic mass is 10.3. The average Bonchev–Trinajstić information content (AvgIpc) is 2.71. The van der Waals surface area contributed by atoms with Crippen LogP contribution in [0.25, 0.3) is 0 Å². The molecule has 5 heteroatoms. The normalized spacial score (nSPS) is 12.3. The van der Waals surface area contributed by atoms with Crippen LogP contribution in [0.15, 0.2) is 45.7 Å². The molecular formula is C13H12O4S. The molecule has 1 aromatic carbocycles. The molecule has 1 N–H and O–H groups in total. The summed E-state index contributed by atoms with van der Waals surface area (Å²) in [6.45, 7) is 1.65. The number of rotatable bonds is 4. The van der Waals surface area contributed by atoms with Crippen molar-refractivity contribution in [3.8, 4) is 0 Å². The Morgan fingerprint density at radius 3 is 2.56 bits per heavy atom. The lowest BCUT2D eigenvalue weighted by Crippen LogP contribution is -1.96. The van der Waals surface area contributed by atoms with Crippen LogP contribution in [0.1, 0.15) is 21.9 Å². The summed E-state index contributed by atoms with van der Waals surface area (Å²) in [5, 5.41) is 8.86. The number of aryl methyl sites for hydroxylation is 1. The Hall–Kier alpha value is -1.88. The maximum atomic E-state index is 12.0. The Balaban J connectivity index is 2.18. The number of furan rings is 1. The molecule has 94 valence electrons. The molecule has 0 saturated carbocycles. The van der Waals surface area contributed by atoms with Gasteiger partial charge in [-0.1, -0.05) is 18.2 Å². The first kappa shape index (κ1) is 12.6. The summed E-state index contributed by atoms with van der Waals surface area (Å²) in [6.07, 6.45) is 0. The zero-order valence-electron chi connectivity index (χ0n) is 9.75. The first-order valence-corrected chi connectivity index (χ1v) is 6.66. The van der Waals surface area contributed by atoms with Crippen LogP contribution >= 0.6 is 0 Å². The third-order valence-corrected chi connectivity index (χ3v) is 3.79. The van der Waals surface area contributed by atoms with E-state index in [0.717, 1.165) is 0 Å². The molecule has 1 aromatic heterocycles. The number of hydrogen-bond acceptors (Lipinski definition) is 3. The lowest BCUT2D eigenvalue weighted by molar-refractivity contribution is 0.0659. The molecule has 1 heterocycles. The van der Waals surface area contributed by atoms with Crippen molar-refractivity contribution in [1.29, 1.82) is 0 Å². The molecule has 0 radical (unpaired) electrons. The van der Waals surface area contributed by atoms with Gasteiger partial charge in [0.1, 0.15) is 5.76 Å². The van der Waals surface area contributed by atoms with Crippen molar-refractivity contribution < 1.29 is 18.5 Å². The van der Waals surface area contributed by atoms with E-state index in [-0.39, 0.29) is 11.5 Å². The molecule has 2 aromatic rings. The van der Waals surface area contributed by atoms with Gasteiger partial charge in [0.05, 0.1) is 16.6 Å². The Morgan fingerprint density at radius 2 is 2.00 bits per heavy atom. The fraction of sp³-hybridized carbons (Fsp3) is 0.154. The highest BCUT2D eigenvalue weighted by atomic mass is 32.2. The number of benzene rings is 1. The molecule has 4 nitrogen and oxygen atoms in total. The first-order chi connectivity index (χ1) is 8.58. The lowest BCUT2D eigenvalue weighted by Gasteiger charge is -1.99. The summed E-state index contributed by atoms with van der Waals surface area (Å²) >= 11 is 0. The molecule has 0 fully saturated rings. The van der Waals surface area contributed by atoms with Gasteiger partial charge in [-0.3, -0.25) is 4.21 Å². The van der Waals surface area contributed by atoms with Gasteiger partial charge in [-0.25, -0.2) is 4.79 Å². The minimum atomic E-state index is -1.23. The molecule has 0 aliphatic carbocycles. The van der Waals surface area contributed by atoms with Crippen molar-refractivity contribution in [3.05, 3.63) is 53.5 Å². The summed E-state index contributed by atoms with van der Waals surface area (Å²) in [6, 6.07) is 10.6. The van der Waals surface area contributed by atoms with Gasteiger partial charge in [-0.2, -0.15) is 0 Å². The second kappa shape index (κ2) is 5.18. The molecule has 0 spiro atoms. The molecule has 0 aliphatic heterocycles. The van der Waals surface area contributed by atoms with Gasteiger partial charge in [0.15, 0.2) is 0 Å². The smallest absolute Gasteiger partial charge is 0.372 e. The summed E-state index contributed by atoms with van der Waals surface area (Å²) in [5.41, 5.74) is 0.544. The highest BCUT2D eigenvalue weighted by molar-refractivity contribution is 7.84. The fourth-order valence-corrected chi connectivity index (χ4v) is 2.64. The van der Waals surface area contributed by atoms with Gasteiger partial charge in [-0.15, -0.1) is 0 Å². The molecule has 0 saturated heterocycles. The van der Waals surface area contributed by atoms with Gasteiger partial charge in [0.2, 0.25) is 5.76 Å². The van der Waals surface area contributed by atoms with Crippen LogP contribution in [0.3, 0.4) is 0 Å². The summed E-state index contributed by atoms with van der Waals surface area (Å²) in [4.78, 5) is 11.5. The van der Waals surface area contributed by atoms with E-state index in [1.54, 1.807) is 25.1 Å². The zero-order valence-corrected chi connectivity index (χ0v) is 10.6. The van der Waals surface area contributed by atoms with E-state index in [1.165, 1.54) is 0 Å². The average molecular weight is 264 g/mol. The van der Waals surface area contributed by atoms with E-state index in [0.29, 0.717) is 16.2 Å². The van der Waals surface area contributed by atoms with E-state index in [9.17, 15) is 9.00 Å². The van der Waals surface area contributed by atoms with E-state index >= 15 is 0 Å². The van der Waals surface area contributed by atoms with Crippen LogP contribution in [-0.4, -0.2) is 15.3 Å². The van der Waals surface area contributed by atoms with Crippen LogP contribution in [0.5, 0.6) is 0 Å². The topological polar surface area (TPSA) is 67.5 Å². The zero-order chi connectivity index (χ0) is 13.1. The molecule has 1 atom stereocenters. The Morgan fingerprint density at radius 1 is 1.33 bits per heavy atom. The molecular weight excluding hydrogens is 252 g/mol. The van der Waals surface area contributed by atoms with Crippen molar-refractivity contribution in [1.82, 2.24) is 0 Å². The highest BCUT2D eigenvalue weighted by Gasteiger charge is 2.16. The number of hydrogen-bond donors (Lipinski definition) is 1. The minimum Gasteiger partial charge on any atom is -0.475 e. The molecule has 0 amide bonds. The number of aromatic carboxylic acids is 1. The number of carboxylic acids is 1. The predicted molar refractivity (Wildman–Crippen MR) is 67.0 cm³/mol. The Labute approximate surface area is 107 Å². The van der Waals surface area contributed by atoms with Crippen LogP contribution in [0.4, 0.5) is 0 Å². The minimum absolute atomic E-state index is 0.0879. The maximum Gasteiger partial charge on any atom is 0.372 e. The van der Waals surface area contributed by atoms with E-state index in [2.05, 4.69) is 0 Å². The summed E-state index contributed by atoms with van der Waals surface area (Å²) in [5.74, 6) is -0.593. The number of carbonyl (C=O) groups is 1. The summed E-state index contributed by atoms with van der Waals surface area (Å²) in [7, 11) is -1.23. The quantitative estimate of drug-likeness (QED) is 0.921. The van der Waals surface area contributed by atoms with Crippen LogP contribution in [-0.2, 0) is 16.6 Å². The Kier molecular flexibility index (Phi) is 3.62. The monoisotopic (exact) mass is 264 g/mol. The van der Waals surface area contributed by atoms with Crippen molar-refractivity contribution in [2.75, 3.05) is 0 Å². The summed E-state index contributed by atoms with van der Waals surface area (Å²) < 4.78 is 17.2. The van der Waals surface area contributed by atoms with Crippen molar-refractivity contribution in [3.63, 3.8) is 0 Å². The van der Waals surface area contributed by atoms with E-state index < -0.39 is 16.8 Å². The van der Waals surface area contributed by atoms with Gasteiger partial charge in [-0.05, 0) is 25.1 Å². The highest BCUT2D eigenvalue weighted by Crippen LogP contribution is 2.18. The van der Waals surface area contributed by atoms with E-state index in [1.807, 2.05) is 18.2 Å². The van der Waals surface area contributed by atoms with E-state index in [4.69, 9.17) is 9.52 Å². The van der Waals surface area contributed by atoms with Crippen molar-refractivity contribution >= 4 is 16.8 Å². The van der Waals surface area contributed by atoms with Crippen LogP contribution in [0.2, 0.25) is 0 Å². The van der Waals surface area contributed by atoms with Crippen LogP contribution in [0, 0.1) is 6.92 Å². The third kappa shape index (κ3) is 2.68. The second-order valence-electron chi connectivity index (χ2n) is 3.83. The molecule has 0 bridgehead atoms. The van der Waals surface area contributed by atoms with Gasteiger partial charge < -0.3 is 9.52 Å². The van der Waals surface area contributed by atoms with Gasteiger partial charge in [0.25, 0.3) is 0 Å². The third-order valence-electron chi connectivity index (χ3n) is 2.44. The standard InChI is InChI=1S/C13H12O4S/c1-9-7-10(17-12(9)13(14)15)8-18(16)11-5-3-2-4-6-11/h2-7H,8H2,1H3,(H,14,15). The SMILES string of the molecule is Cc1cc(CS(=O)c2ccccc2)oc1C(=O)O. The first-order valence-electron chi connectivity index (χ1n) is 5.34. The largest absolute Gasteiger partial charge is 0.475 e. The molecule has 0 aliphatic rings. The van der Waals surface area contributed by atoms with Crippen molar-refractivity contribution in [2.24, 2.45) is 0 Å². The van der Waals surface area contributed by atoms with Crippen molar-refractivity contribution in [2.45, 2.75) is 17.6 Å². The molecule has 2 rings (SSSR count).